The largest absolute Gasteiger partial charge is 0.369 e. The molecule has 2 aliphatic rings. The Bertz CT molecular complexity index is 952. The van der Waals surface area contributed by atoms with Crippen LogP contribution in [0.15, 0.2) is 48.5 Å². The number of benzene rings is 2. The molecule has 1 atom stereocenters. The molecule has 0 bridgehead atoms. The Morgan fingerprint density at radius 3 is 2.28 bits per heavy atom. The number of anilines is 2. The van der Waals surface area contributed by atoms with Gasteiger partial charge in [-0.25, -0.2) is 4.90 Å². The summed E-state index contributed by atoms with van der Waals surface area (Å²) in [5.74, 6) is -0.323. The second-order valence-electron chi connectivity index (χ2n) is 7.39. The van der Waals surface area contributed by atoms with E-state index >= 15 is 0 Å². The molecule has 2 saturated heterocycles. The molecule has 2 fully saturated rings. The Kier molecular flexibility index (Phi) is 5.39. The number of ketones is 1. The fourth-order valence-corrected chi connectivity index (χ4v) is 4.17. The number of nitrogens with zero attached hydrogens (tertiary/aromatic N) is 3. The van der Waals surface area contributed by atoms with E-state index in [1.165, 1.54) is 4.90 Å². The minimum absolute atomic E-state index is 0.0510. The van der Waals surface area contributed by atoms with Gasteiger partial charge in [0.25, 0.3) is 5.91 Å². The summed E-state index contributed by atoms with van der Waals surface area (Å²) < 4.78 is 0. The van der Waals surface area contributed by atoms with Crippen molar-refractivity contribution < 1.29 is 14.4 Å². The van der Waals surface area contributed by atoms with Gasteiger partial charge in [-0.2, -0.15) is 0 Å². The molecule has 4 rings (SSSR count). The average molecular weight is 412 g/mol. The van der Waals surface area contributed by atoms with Gasteiger partial charge in [0.15, 0.2) is 5.78 Å². The van der Waals surface area contributed by atoms with Gasteiger partial charge in [-0.3, -0.25) is 19.3 Å². The highest BCUT2D eigenvalue weighted by atomic mass is 35.5. The van der Waals surface area contributed by atoms with E-state index in [2.05, 4.69) is 9.80 Å². The van der Waals surface area contributed by atoms with Crippen LogP contribution in [0.2, 0.25) is 5.02 Å². The van der Waals surface area contributed by atoms with Crippen LogP contribution in [-0.2, 0) is 9.59 Å². The van der Waals surface area contributed by atoms with Crippen LogP contribution in [0.4, 0.5) is 11.4 Å². The van der Waals surface area contributed by atoms with Gasteiger partial charge in [0, 0.05) is 42.5 Å². The fourth-order valence-electron chi connectivity index (χ4n) is 3.99. The number of hydrogen-bond donors (Lipinski definition) is 0. The maximum Gasteiger partial charge on any atom is 0.251 e. The third kappa shape index (κ3) is 3.91. The zero-order valence-electron chi connectivity index (χ0n) is 16.2. The average Bonchev–Trinajstić information content (AvgIpc) is 3.02. The van der Waals surface area contributed by atoms with E-state index in [9.17, 15) is 14.4 Å². The summed E-state index contributed by atoms with van der Waals surface area (Å²) in [4.78, 5) is 42.5. The lowest BCUT2D eigenvalue weighted by Crippen LogP contribution is -2.52. The number of piperazine rings is 1. The van der Waals surface area contributed by atoms with Gasteiger partial charge >= 0.3 is 0 Å². The minimum atomic E-state index is -0.427. The van der Waals surface area contributed by atoms with E-state index in [0.717, 1.165) is 18.8 Å². The van der Waals surface area contributed by atoms with E-state index in [4.69, 9.17) is 11.6 Å². The Labute approximate surface area is 174 Å². The topological polar surface area (TPSA) is 60.9 Å². The summed E-state index contributed by atoms with van der Waals surface area (Å²) in [6.45, 7) is 4.46. The molecular formula is C22H22ClN3O3. The summed E-state index contributed by atoms with van der Waals surface area (Å²) in [7, 11) is 0. The Morgan fingerprint density at radius 2 is 1.66 bits per heavy atom. The summed E-state index contributed by atoms with van der Waals surface area (Å²) in [6, 6.07) is 14.0. The molecule has 0 unspecified atom stereocenters. The number of hydrogen-bond acceptors (Lipinski definition) is 5. The van der Waals surface area contributed by atoms with Gasteiger partial charge < -0.3 is 4.90 Å². The van der Waals surface area contributed by atoms with Crippen LogP contribution < -0.4 is 9.80 Å². The van der Waals surface area contributed by atoms with Crippen LogP contribution in [0.3, 0.4) is 0 Å². The number of halogens is 1. The van der Waals surface area contributed by atoms with Crippen LogP contribution >= 0.6 is 11.6 Å². The van der Waals surface area contributed by atoms with Gasteiger partial charge in [0.2, 0.25) is 5.91 Å². The lowest BCUT2D eigenvalue weighted by molar-refractivity contribution is -0.123. The van der Waals surface area contributed by atoms with Crippen molar-refractivity contribution in [3.05, 3.63) is 59.1 Å². The number of rotatable bonds is 4. The van der Waals surface area contributed by atoms with Crippen molar-refractivity contribution in [2.24, 2.45) is 0 Å². The van der Waals surface area contributed by atoms with Gasteiger partial charge in [-0.1, -0.05) is 17.7 Å². The second kappa shape index (κ2) is 7.97. The minimum Gasteiger partial charge on any atom is -0.369 e. The summed E-state index contributed by atoms with van der Waals surface area (Å²) in [5.41, 5.74) is 2.28. The van der Waals surface area contributed by atoms with Gasteiger partial charge in [0.1, 0.15) is 0 Å². The molecular weight excluding hydrogens is 390 g/mol. The summed E-state index contributed by atoms with van der Waals surface area (Å²) in [6.07, 6.45) is 0.193. The SMILES string of the molecule is CC(=O)c1ccc(N2CCN([C@H]3CC(=O)N(c4cccc(Cl)c4)C3=O)CC2)cc1. The second-order valence-corrected chi connectivity index (χ2v) is 7.83. The first-order chi connectivity index (χ1) is 13.9. The first-order valence-electron chi connectivity index (χ1n) is 9.66. The van der Waals surface area contributed by atoms with Crippen molar-refractivity contribution in [3.63, 3.8) is 0 Å². The Morgan fingerprint density at radius 1 is 0.966 bits per heavy atom. The van der Waals surface area contributed by atoms with Crippen LogP contribution in [0.5, 0.6) is 0 Å². The molecule has 2 amide bonds. The number of amides is 2. The molecule has 150 valence electrons. The molecule has 0 aliphatic carbocycles. The van der Waals surface area contributed by atoms with Crippen molar-refractivity contribution in [3.8, 4) is 0 Å². The molecule has 6 nitrogen and oxygen atoms in total. The summed E-state index contributed by atoms with van der Waals surface area (Å²) >= 11 is 6.02. The third-order valence-corrected chi connectivity index (χ3v) is 5.82. The number of Topliss-reactive ketones (excluding diaryl/α,β-unsaturated/α-hetero) is 1. The van der Waals surface area contributed by atoms with E-state index in [1.807, 2.05) is 24.3 Å². The Hall–Kier alpha value is -2.70. The molecule has 0 saturated carbocycles. The van der Waals surface area contributed by atoms with Crippen molar-refractivity contribution in [2.45, 2.75) is 19.4 Å². The molecule has 2 aromatic carbocycles. The maximum absolute atomic E-state index is 13.0. The van der Waals surface area contributed by atoms with E-state index < -0.39 is 6.04 Å². The van der Waals surface area contributed by atoms with Gasteiger partial charge in [-0.15, -0.1) is 0 Å². The zero-order chi connectivity index (χ0) is 20.5. The molecule has 0 N–H and O–H groups in total. The van der Waals surface area contributed by atoms with Crippen molar-refractivity contribution in [1.82, 2.24) is 4.90 Å². The molecule has 7 heteroatoms. The van der Waals surface area contributed by atoms with Gasteiger partial charge in [0.05, 0.1) is 18.2 Å². The predicted octanol–water partition coefficient (Wildman–Crippen LogP) is 3.00. The first kappa shape index (κ1) is 19.6. The lowest BCUT2D eigenvalue weighted by atomic mass is 10.1. The van der Waals surface area contributed by atoms with Crippen LogP contribution in [0, 0.1) is 0 Å². The molecule has 0 radical (unpaired) electrons. The number of carbonyl (C=O) groups excluding carboxylic acids is 3. The highest BCUT2D eigenvalue weighted by Gasteiger charge is 2.43. The van der Waals surface area contributed by atoms with Crippen LogP contribution in [0.1, 0.15) is 23.7 Å². The predicted molar refractivity (Wildman–Crippen MR) is 113 cm³/mol. The number of imide groups is 1. The highest BCUT2D eigenvalue weighted by molar-refractivity contribution is 6.31. The molecule has 0 spiro atoms. The van der Waals surface area contributed by atoms with E-state index in [-0.39, 0.29) is 24.0 Å². The molecule has 2 aliphatic heterocycles. The van der Waals surface area contributed by atoms with Crippen molar-refractivity contribution in [1.29, 1.82) is 0 Å². The third-order valence-electron chi connectivity index (χ3n) is 5.58. The molecule has 0 aromatic heterocycles. The Balaban J connectivity index is 1.41. The van der Waals surface area contributed by atoms with E-state index in [0.29, 0.717) is 29.4 Å². The quantitative estimate of drug-likeness (QED) is 0.571. The lowest BCUT2D eigenvalue weighted by Gasteiger charge is -2.38. The normalized spacial score (nSPS) is 20.4. The van der Waals surface area contributed by atoms with Crippen molar-refractivity contribution >= 4 is 40.6 Å². The molecule has 2 aromatic rings. The monoisotopic (exact) mass is 411 g/mol. The van der Waals surface area contributed by atoms with Crippen LogP contribution in [-0.4, -0.2) is 54.7 Å². The number of carbonyl (C=O) groups is 3. The standard InChI is InChI=1S/C22H22ClN3O3/c1-15(27)16-5-7-18(8-6-16)24-9-11-25(12-10-24)20-14-21(28)26(22(20)29)19-4-2-3-17(23)13-19/h2-8,13,20H,9-12,14H2,1H3/t20-/m0/s1. The maximum atomic E-state index is 13.0. The first-order valence-corrected chi connectivity index (χ1v) is 10.0. The molecule has 2 heterocycles. The van der Waals surface area contributed by atoms with Gasteiger partial charge in [-0.05, 0) is 49.4 Å². The fraction of sp³-hybridized carbons (Fsp3) is 0.318. The van der Waals surface area contributed by atoms with E-state index in [1.54, 1.807) is 31.2 Å². The smallest absolute Gasteiger partial charge is 0.251 e. The van der Waals surface area contributed by atoms with Crippen LogP contribution in [0.25, 0.3) is 0 Å². The summed E-state index contributed by atoms with van der Waals surface area (Å²) in [5, 5.41) is 0.496. The highest BCUT2D eigenvalue weighted by Crippen LogP contribution is 2.28. The van der Waals surface area contributed by atoms with Crippen molar-refractivity contribution in [2.75, 3.05) is 36.0 Å². The zero-order valence-corrected chi connectivity index (χ0v) is 16.9. The molecule has 29 heavy (non-hydrogen) atoms.